The van der Waals surface area contributed by atoms with Crippen LogP contribution in [0, 0.1) is 5.92 Å². The maximum absolute atomic E-state index is 11.3. The average Bonchev–Trinajstić information content (AvgIpc) is 2.48. The van der Waals surface area contributed by atoms with Gasteiger partial charge in [0.25, 0.3) is 0 Å². The third kappa shape index (κ3) is 4.17. The highest BCUT2D eigenvalue weighted by Gasteiger charge is 2.25. The zero-order valence-corrected chi connectivity index (χ0v) is 13.5. The SMILES string of the molecule is CC(C)c1ccc(NC(=S)N2CCC[C@H](C(N)=O)C2)cc1. The molecule has 0 spiro atoms. The molecule has 1 atom stereocenters. The lowest BCUT2D eigenvalue weighted by Gasteiger charge is -2.33. The van der Waals surface area contributed by atoms with Gasteiger partial charge in [0.15, 0.2) is 5.11 Å². The monoisotopic (exact) mass is 305 g/mol. The fourth-order valence-electron chi connectivity index (χ4n) is 2.55. The Morgan fingerprint density at radius 1 is 1.38 bits per heavy atom. The smallest absolute Gasteiger partial charge is 0.222 e. The molecule has 114 valence electrons. The van der Waals surface area contributed by atoms with Crippen LogP contribution in [0.4, 0.5) is 5.69 Å². The summed E-state index contributed by atoms with van der Waals surface area (Å²) < 4.78 is 0. The summed E-state index contributed by atoms with van der Waals surface area (Å²) in [4.78, 5) is 13.3. The van der Waals surface area contributed by atoms with Crippen LogP contribution < -0.4 is 11.1 Å². The number of nitrogens with zero attached hydrogens (tertiary/aromatic N) is 1. The number of anilines is 1. The molecule has 2 rings (SSSR count). The first-order chi connectivity index (χ1) is 9.97. The Morgan fingerprint density at radius 2 is 2.05 bits per heavy atom. The number of rotatable bonds is 3. The van der Waals surface area contributed by atoms with E-state index in [4.69, 9.17) is 18.0 Å². The molecule has 1 aromatic carbocycles. The molecule has 0 unspecified atom stereocenters. The second kappa shape index (κ2) is 6.89. The van der Waals surface area contributed by atoms with Crippen LogP contribution >= 0.6 is 12.2 Å². The minimum absolute atomic E-state index is 0.0955. The van der Waals surface area contributed by atoms with Gasteiger partial charge in [0.05, 0.1) is 5.92 Å². The number of nitrogens with two attached hydrogens (primary N) is 1. The standard InChI is InChI=1S/C16H23N3OS/c1-11(2)12-5-7-14(8-6-12)18-16(21)19-9-3-4-13(10-19)15(17)20/h5-8,11,13H,3-4,9-10H2,1-2H3,(H2,17,20)(H,18,21)/t13-/m0/s1. The van der Waals surface area contributed by atoms with Crippen molar-refractivity contribution >= 4 is 28.9 Å². The van der Waals surface area contributed by atoms with Crippen LogP contribution in [0.5, 0.6) is 0 Å². The quantitative estimate of drug-likeness (QED) is 0.843. The van der Waals surface area contributed by atoms with Gasteiger partial charge in [-0.3, -0.25) is 4.79 Å². The summed E-state index contributed by atoms with van der Waals surface area (Å²) in [5.74, 6) is 0.190. The molecule has 1 aromatic rings. The number of nitrogens with one attached hydrogen (secondary N) is 1. The van der Waals surface area contributed by atoms with Gasteiger partial charge >= 0.3 is 0 Å². The van der Waals surface area contributed by atoms with Crippen molar-refractivity contribution in [1.29, 1.82) is 0 Å². The first-order valence-corrected chi connectivity index (χ1v) is 7.83. The van der Waals surface area contributed by atoms with Crippen LogP contribution in [0.1, 0.15) is 38.2 Å². The number of primary amides is 1. The molecule has 1 aliphatic heterocycles. The van der Waals surface area contributed by atoms with E-state index in [1.54, 1.807) is 0 Å². The predicted molar refractivity (Wildman–Crippen MR) is 90.2 cm³/mol. The number of hydrogen-bond donors (Lipinski definition) is 2. The molecule has 1 amide bonds. The molecule has 0 aliphatic carbocycles. The summed E-state index contributed by atoms with van der Waals surface area (Å²) in [6.07, 6.45) is 1.80. The lowest BCUT2D eigenvalue weighted by atomic mass is 9.98. The van der Waals surface area contributed by atoms with Gasteiger partial charge in [0.1, 0.15) is 0 Å². The zero-order valence-electron chi connectivity index (χ0n) is 12.6. The number of benzene rings is 1. The van der Waals surface area contributed by atoms with Gasteiger partial charge in [-0.2, -0.15) is 0 Å². The maximum Gasteiger partial charge on any atom is 0.222 e. The van der Waals surface area contributed by atoms with E-state index in [1.807, 2.05) is 17.0 Å². The maximum atomic E-state index is 11.3. The van der Waals surface area contributed by atoms with E-state index in [9.17, 15) is 4.79 Å². The molecule has 0 saturated carbocycles. The molecule has 1 fully saturated rings. The third-order valence-corrected chi connectivity index (χ3v) is 4.30. The van der Waals surface area contributed by atoms with Crippen molar-refractivity contribution in [3.05, 3.63) is 29.8 Å². The van der Waals surface area contributed by atoms with E-state index in [-0.39, 0.29) is 11.8 Å². The zero-order chi connectivity index (χ0) is 15.4. The van der Waals surface area contributed by atoms with Gasteiger partial charge in [-0.05, 0) is 48.7 Å². The first kappa shape index (κ1) is 15.8. The third-order valence-electron chi connectivity index (χ3n) is 3.94. The molecule has 4 nitrogen and oxygen atoms in total. The fraction of sp³-hybridized carbons (Fsp3) is 0.500. The number of amides is 1. The molecule has 5 heteroatoms. The number of likely N-dealkylation sites (tertiary alicyclic amines) is 1. The minimum atomic E-state index is -0.233. The highest BCUT2D eigenvalue weighted by molar-refractivity contribution is 7.80. The Hall–Kier alpha value is -1.62. The van der Waals surface area contributed by atoms with Crippen molar-refractivity contribution in [2.24, 2.45) is 11.7 Å². The van der Waals surface area contributed by atoms with Crippen LogP contribution in [0.15, 0.2) is 24.3 Å². The van der Waals surface area contributed by atoms with Gasteiger partial charge in [-0.1, -0.05) is 26.0 Å². The van der Waals surface area contributed by atoms with Crippen molar-refractivity contribution in [3.63, 3.8) is 0 Å². The van der Waals surface area contributed by atoms with Crippen molar-refractivity contribution in [2.75, 3.05) is 18.4 Å². The minimum Gasteiger partial charge on any atom is -0.369 e. The van der Waals surface area contributed by atoms with Crippen molar-refractivity contribution in [1.82, 2.24) is 4.90 Å². The topological polar surface area (TPSA) is 58.4 Å². The predicted octanol–water partition coefficient (Wildman–Crippen LogP) is 2.70. The van der Waals surface area contributed by atoms with Crippen molar-refractivity contribution in [3.8, 4) is 0 Å². The number of carbonyl (C=O) groups is 1. The first-order valence-electron chi connectivity index (χ1n) is 7.42. The summed E-state index contributed by atoms with van der Waals surface area (Å²) in [6.45, 7) is 5.83. The lowest BCUT2D eigenvalue weighted by molar-refractivity contribution is -0.122. The normalized spacial score (nSPS) is 18.6. The van der Waals surface area contributed by atoms with Gasteiger partial charge in [-0.25, -0.2) is 0 Å². The molecule has 1 aliphatic rings. The number of piperidine rings is 1. The Morgan fingerprint density at radius 3 is 2.62 bits per heavy atom. The van der Waals surface area contributed by atoms with E-state index in [2.05, 4.69) is 31.3 Å². The fourth-order valence-corrected chi connectivity index (χ4v) is 2.83. The van der Waals surface area contributed by atoms with Gasteiger partial charge in [-0.15, -0.1) is 0 Å². The van der Waals surface area contributed by atoms with E-state index in [0.717, 1.165) is 25.1 Å². The van der Waals surface area contributed by atoms with E-state index < -0.39 is 0 Å². The Balaban J connectivity index is 1.96. The van der Waals surface area contributed by atoms with Crippen LogP contribution in [-0.4, -0.2) is 29.0 Å². The van der Waals surface area contributed by atoms with E-state index >= 15 is 0 Å². The second-order valence-electron chi connectivity index (χ2n) is 5.89. The lowest BCUT2D eigenvalue weighted by Crippen LogP contribution is -2.45. The molecular weight excluding hydrogens is 282 g/mol. The molecule has 0 aromatic heterocycles. The van der Waals surface area contributed by atoms with Gasteiger partial charge in [0.2, 0.25) is 5.91 Å². The Kier molecular flexibility index (Phi) is 5.17. The van der Waals surface area contributed by atoms with Crippen molar-refractivity contribution in [2.45, 2.75) is 32.6 Å². The summed E-state index contributed by atoms with van der Waals surface area (Å²) >= 11 is 5.44. The molecule has 0 radical (unpaired) electrons. The summed E-state index contributed by atoms with van der Waals surface area (Å²) in [6, 6.07) is 8.30. The van der Waals surface area contributed by atoms with Crippen molar-refractivity contribution < 1.29 is 4.79 Å². The Labute approximate surface area is 131 Å². The summed E-state index contributed by atoms with van der Waals surface area (Å²) in [7, 11) is 0. The Bertz CT molecular complexity index is 513. The van der Waals surface area contributed by atoms with E-state index in [0.29, 0.717) is 17.6 Å². The number of carbonyl (C=O) groups excluding carboxylic acids is 1. The highest BCUT2D eigenvalue weighted by Crippen LogP contribution is 2.19. The van der Waals surface area contributed by atoms with Crippen LogP contribution in [0.25, 0.3) is 0 Å². The summed E-state index contributed by atoms with van der Waals surface area (Å²) in [5.41, 5.74) is 7.68. The molecule has 3 N–H and O–H groups in total. The number of thiocarbonyl (C=S) groups is 1. The molecule has 0 bridgehead atoms. The highest BCUT2D eigenvalue weighted by atomic mass is 32.1. The van der Waals surface area contributed by atoms with Crippen LogP contribution in [0.2, 0.25) is 0 Å². The van der Waals surface area contributed by atoms with Gasteiger partial charge < -0.3 is 16.0 Å². The largest absolute Gasteiger partial charge is 0.369 e. The molecular formula is C16H23N3OS. The van der Waals surface area contributed by atoms with Crippen LogP contribution in [0.3, 0.4) is 0 Å². The van der Waals surface area contributed by atoms with Gasteiger partial charge in [0, 0.05) is 18.8 Å². The second-order valence-corrected chi connectivity index (χ2v) is 6.28. The molecule has 1 saturated heterocycles. The molecule has 21 heavy (non-hydrogen) atoms. The summed E-state index contributed by atoms with van der Waals surface area (Å²) in [5, 5.41) is 3.91. The average molecular weight is 305 g/mol. The van der Waals surface area contributed by atoms with Crippen LogP contribution in [-0.2, 0) is 4.79 Å². The van der Waals surface area contributed by atoms with E-state index in [1.165, 1.54) is 5.56 Å². The molecule has 1 heterocycles. The number of hydrogen-bond acceptors (Lipinski definition) is 2.